The summed E-state index contributed by atoms with van der Waals surface area (Å²) < 4.78 is 65.3. The smallest absolute Gasteiger partial charge is 0.406 e. The maximum absolute atomic E-state index is 15.3. The molecule has 2 heterocycles. The van der Waals surface area contributed by atoms with Crippen molar-refractivity contribution >= 4 is 21.5 Å². The minimum Gasteiger partial charge on any atom is -0.453 e. The van der Waals surface area contributed by atoms with Crippen LogP contribution in [0.25, 0.3) is 0 Å². The molecule has 0 unspecified atom stereocenters. The van der Waals surface area contributed by atoms with Gasteiger partial charge in [-0.3, -0.25) is 0 Å². The molecule has 1 N–H and O–H groups in total. The molecule has 0 aliphatic carbocycles. The molecule has 0 aromatic heterocycles. The lowest BCUT2D eigenvalue weighted by Crippen LogP contribution is -2.35. The number of hydrogen-bond donors (Lipinski definition) is 1. The summed E-state index contributed by atoms with van der Waals surface area (Å²) >= 11 is 0. The van der Waals surface area contributed by atoms with Gasteiger partial charge in [0, 0.05) is 40.3 Å². The summed E-state index contributed by atoms with van der Waals surface area (Å²) in [5, 5.41) is 6.26. The van der Waals surface area contributed by atoms with E-state index in [1.54, 1.807) is 0 Å². The largest absolute Gasteiger partial charge is 0.453 e. The van der Waals surface area contributed by atoms with E-state index in [0.717, 1.165) is 12.1 Å². The predicted molar refractivity (Wildman–Crippen MR) is 101 cm³/mol. The van der Waals surface area contributed by atoms with Gasteiger partial charge in [0.25, 0.3) is 0 Å². The first kappa shape index (κ1) is 21.4. The van der Waals surface area contributed by atoms with E-state index < -0.39 is 44.8 Å². The van der Waals surface area contributed by atoms with E-state index in [1.807, 2.05) is 0 Å². The van der Waals surface area contributed by atoms with Gasteiger partial charge in [0.15, 0.2) is 6.10 Å². The number of alkyl halides is 1. The van der Waals surface area contributed by atoms with Gasteiger partial charge < -0.3 is 14.9 Å². The van der Waals surface area contributed by atoms with Crippen molar-refractivity contribution in [3.8, 4) is 0 Å². The van der Waals surface area contributed by atoms with Gasteiger partial charge in [-0.25, -0.2) is 26.5 Å². The first-order valence-corrected chi connectivity index (χ1v) is 10.9. The van der Waals surface area contributed by atoms with Crippen LogP contribution in [0.3, 0.4) is 0 Å². The summed E-state index contributed by atoms with van der Waals surface area (Å²) in [5.74, 6) is -2.14. The van der Waals surface area contributed by atoms with Gasteiger partial charge in [0.2, 0.25) is 0 Å². The van der Waals surface area contributed by atoms with E-state index in [9.17, 15) is 17.8 Å². The minimum atomic E-state index is -2.51. The van der Waals surface area contributed by atoms with Crippen LogP contribution in [0, 0.1) is 11.6 Å². The zero-order valence-electron chi connectivity index (χ0n) is 16.0. The lowest BCUT2D eigenvalue weighted by molar-refractivity contribution is 0.0827. The lowest BCUT2D eigenvalue weighted by atomic mass is 9.87. The third-order valence-corrected chi connectivity index (χ3v) is 7.53. The van der Waals surface area contributed by atoms with E-state index in [1.165, 1.54) is 14.2 Å². The summed E-state index contributed by atoms with van der Waals surface area (Å²) in [6, 6.07) is 2.04. The van der Waals surface area contributed by atoms with Crippen LogP contribution in [0.2, 0.25) is 0 Å². The van der Waals surface area contributed by atoms with Crippen molar-refractivity contribution in [1.29, 1.82) is 0 Å². The van der Waals surface area contributed by atoms with Crippen LogP contribution in [0.15, 0.2) is 21.7 Å². The number of carbonyl (C=O) groups excluding carboxylic acids is 1. The third kappa shape index (κ3) is 4.49. The van der Waals surface area contributed by atoms with Crippen molar-refractivity contribution in [1.82, 2.24) is 5.32 Å². The number of halogens is 3. The van der Waals surface area contributed by atoms with Gasteiger partial charge in [-0.05, 0) is 25.0 Å². The lowest BCUT2D eigenvalue weighted by Gasteiger charge is -2.32. The van der Waals surface area contributed by atoms with Crippen molar-refractivity contribution in [2.24, 2.45) is 9.52 Å². The standard InChI is InChI=1S/C18H22F3N3O4S/c1-22-29(26)5-3-18(21,4-6-29)16-13(19)7-11(8-14(16)20)15-9-12(28-24-15)10-23-17(25)27-2/h7-8,12H,3-6,9-10H2,1-2H3,(H,23,25)/t12-,18-,29+/m1/s1. The number of ether oxygens (including phenoxy) is 1. The van der Waals surface area contributed by atoms with Crippen LogP contribution in [0.5, 0.6) is 0 Å². The second-order valence-corrected chi connectivity index (χ2v) is 9.71. The molecule has 1 atom stereocenters. The zero-order valence-corrected chi connectivity index (χ0v) is 16.9. The molecule has 2 aliphatic rings. The highest BCUT2D eigenvalue weighted by Crippen LogP contribution is 2.41. The minimum absolute atomic E-state index is 0.0456. The Morgan fingerprint density at radius 3 is 2.55 bits per heavy atom. The summed E-state index contributed by atoms with van der Waals surface area (Å²) in [5.41, 5.74) is -2.46. The maximum atomic E-state index is 15.3. The van der Waals surface area contributed by atoms with E-state index >= 15 is 4.39 Å². The van der Waals surface area contributed by atoms with Gasteiger partial charge in [-0.1, -0.05) is 5.16 Å². The number of nitrogens with one attached hydrogen (secondary N) is 1. The quantitative estimate of drug-likeness (QED) is 0.791. The molecular weight excluding hydrogens is 411 g/mol. The highest BCUT2D eigenvalue weighted by molar-refractivity contribution is 7.93. The highest BCUT2D eigenvalue weighted by atomic mass is 32.2. The Morgan fingerprint density at radius 1 is 1.38 bits per heavy atom. The Balaban J connectivity index is 1.75. The normalized spacial score (nSPS) is 29.0. The molecule has 1 amide bonds. The second kappa shape index (κ2) is 8.21. The number of carbonyl (C=O) groups is 1. The maximum Gasteiger partial charge on any atom is 0.406 e. The van der Waals surface area contributed by atoms with Gasteiger partial charge in [0.1, 0.15) is 17.3 Å². The third-order valence-electron chi connectivity index (χ3n) is 5.18. The van der Waals surface area contributed by atoms with E-state index in [0.29, 0.717) is 0 Å². The van der Waals surface area contributed by atoms with Gasteiger partial charge in [0.05, 0.1) is 24.9 Å². The number of nitrogens with zero attached hydrogens (tertiary/aromatic N) is 2. The molecule has 160 valence electrons. The Labute approximate surface area is 166 Å². The molecule has 1 aromatic carbocycles. The number of hydrogen-bond acceptors (Lipinski definition) is 6. The predicted octanol–water partition coefficient (Wildman–Crippen LogP) is 2.87. The van der Waals surface area contributed by atoms with E-state index in [-0.39, 0.29) is 48.6 Å². The Kier molecular flexibility index (Phi) is 6.06. The number of rotatable bonds is 4. The average Bonchev–Trinajstić information content (AvgIpc) is 3.17. The number of oxime groups is 1. The Hall–Kier alpha value is -2.30. The number of methoxy groups -OCH3 is 1. The molecule has 0 bridgehead atoms. The fourth-order valence-corrected chi connectivity index (χ4v) is 5.30. The van der Waals surface area contributed by atoms with Crippen molar-refractivity contribution in [2.45, 2.75) is 31.0 Å². The van der Waals surface area contributed by atoms with Crippen molar-refractivity contribution in [3.63, 3.8) is 0 Å². The van der Waals surface area contributed by atoms with Crippen LogP contribution >= 0.6 is 0 Å². The summed E-state index contributed by atoms with van der Waals surface area (Å²) in [6.45, 7) is 0.109. The van der Waals surface area contributed by atoms with Crippen LogP contribution in [-0.4, -0.2) is 54.3 Å². The second-order valence-electron chi connectivity index (χ2n) is 6.99. The van der Waals surface area contributed by atoms with E-state index in [4.69, 9.17) is 4.84 Å². The molecule has 1 saturated heterocycles. The molecule has 0 radical (unpaired) electrons. The molecule has 0 saturated carbocycles. The summed E-state index contributed by atoms with van der Waals surface area (Å²) in [7, 11) is 0.118. The van der Waals surface area contributed by atoms with Gasteiger partial charge in [-0.2, -0.15) is 0 Å². The average molecular weight is 433 g/mol. The van der Waals surface area contributed by atoms with Crippen LogP contribution < -0.4 is 5.32 Å². The van der Waals surface area contributed by atoms with E-state index in [2.05, 4.69) is 19.6 Å². The molecule has 1 aromatic rings. The molecule has 11 heteroatoms. The first-order chi connectivity index (χ1) is 13.7. The van der Waals surface area contributed by atoms with Crippen molar-refractivity contribution < 1.29 is 31.7 Å². The first-order valence-electron chi connectivity index (χ1n) is 9.03. The molecule has 0 spiro atoms. The molecular formula is C18H22F3N3O4S. The monoisotopic (exact) mass is 433 g/mol. The van der Waals surface area contributed by atoms with Crippen LogP contribution in [-0.2, 0) is 25.0 Å². The molecule has 29 heavy (non-hydrogen) atoms. The van der Waals surface area contributed by atoms with Crippen molar-refractivity contribution in [2.75, 3.05) is 32.2 Å². The highest BCUT2D eigenvalue weighted by Gasteiger charge is 2.42. The Morgan fingerprint density at radius 2 is 2.00 bits per heavy atom. The molecule has 2 aliphatic heterocycles. The summed E-state index contributed by atoms with van der Waals surface area (Å²) in [4.78, 5) is 16.3. The Bertz CT molecular complexity index is 923. The number of amides is 1. The van der Waals surface area contributed by atoms with Crippen LogP contribution in [0.4, 0.5) is 18.0 Å². The van der Waals surface area contributed by atoms with Crippen molar-refractivity contribution in [3.05, 3.63) is 34.9 Å². The zero-order chi connectivity index (χ0) is 21.2. The fourth-order valence-electron chi connectivity index (χ4n) is 3.45. The number of benzene rings is 1. The molecule has 3 rings (SSSR count). The number of alkyl carbamates (subject to hydrolysis) is 1. The SMILES string of the molecule is CN=[S@]1(=O)CC[C@](F)(c2c(F)cc(C3=NO[C@@H](CNC(=O)OC)C3)cc2F)CC1. The topological polar surface area (TPSA) is 89.4 Å². The van der Waals surface area contributed by atoms with Gasteiger partial charge >= 0.3 is 6.09 Å². The van der Waals surface area contributed by atoms with Crippen LogP contribution in [0.1, 0.15) is 30.4 Å². The summed E-state index contributed by atoms with van der Waals surface area (Å²) in [6.07, 6.45) is -1.46. The molecule has 1 fully saturated rings. The van der Waals surface area contributed by atoms with Gasteiger partial charge in [-0.15, -0.1) is 0 Å². The fraction of sp³-hybridized carbons (Fsp3) is 0.556. The molecule has 7 nitrogen and oxygen atoms in total.